The molecule has 3 heteroatoms. The van der Waals surface area contributed by atoms with Gasteiger partial charge in [0.2, 0.25) is 0 Å². The van der Waals surface area contributed by atoms with Crippen LogP contribution in [0.15, 0.2) is 60.7 Å². The van der Waals surface area contributed by atoms with Gasteiger partial charge >= 0.3 is 0 Å². The van der Waals surface area contributed by atoms with Crippen LogP contribution in [0.4, 0.5) is 17.1 Å². The monoisotopic (exact) mass is 514 g/mol. The number of hydrogen-bond donors (Lipinski definition) is 3. The van der Waals surface area contributed by atoms with Gasteiger partial charge in [-0.1, -0.05) is 92.7 Å². The number of nitrogens with one attached hydrogen (secondary N) is 2. The van der Waals surface area contributed by atoms with Crippen molar-refractivity contribution in [1.82, 2.24) is 0 Å². The zero-order valence-electron chi connectivity index (χ0n) is 24.9. The van der Waals surface area contributed by atoms with E-state index in [1.807, 2.05) is 0 Å². The van der Waals surface area contributed by atoms with Gasteiger partial charge in [0, 0.05) is 23.6 Å². The summed E-state index contributed by atoms with van der Waals surface area (Å²) in [6.07, 6.45) is 9.20. The Morgan fingerprint density at radius 2 is 1.08 bits per heavy atom. The standard InChI is InChI=1S/C35H50N2O/c1-8-9-10-11-12-13-14-26-15-17-29(18-16-26)37-30-21-19-28(20-22-30)36-25-27-23-31(34(2,3)4)33(38)32(24-27)35(5,6)7/h15-24,36-38H,8-14,25H2,1-7H3. The van der Waals surface area contributed by atoms with E-state index in [4.69, 9.17) is 0 Å². The third-order valence-corrected chi connectivity index (χ3v) is 7.23. The van der Waals surface area contributed by atoms with Crippen LogP contribution in [0.3, 0.4) is 0 Å². The fourth-order valence-corrected chi connectivity index (χ4v) is 4.85. The van der Waals surface area contributed by atoms with E-state index in [1.54, 1.807) is 0 Å². The number of phenols is 1. The number of rotatable bonds is 12. The first-order chi connectivity index (χ1) is 18.0. The highest BCUT2D eigenvalue weighted by molar-refractivity contribution is 5.63. The van der Waals surface area contributed by atoms with E-state index in [1.165, 1.54) is 56.1 Å². The fourth-order valence-electron chi connectivity index (χ4n) is 4.85. The summed E-state index contributed by atoms with van der Waals surface area (Å²) in [5.74, 6) is 0.430. The summed E-state index contributed by atoms with van der Waals surface area (Å²) in [6.45, 7) is 15.9. The van der Waals surface area contributed by atoms with E-state index in [0.29, 0.717) is 12.3 Å². The van der Waals surface area contributed by atoms with Crippen molar-refractivity contribution >= 4 is 17.1 Å². The van der Waals surface area contributed by atoms with Gasteiger partial charge in [-0.25, -0.2) is 0 Å². The summed E-state index contributed by atoms with van der Waals surface area (Å²) in [6, 6.07) is 21.6. The summed E-state index contributed by atoms with van der Waals surface area (Å²) in [4.78, 5) is 0. The Morgan fingerprint density at radius 1 is 0.605 bits per heavy atom. The van der Waals surface area contributed by atoms with Gasteiger partial charge in [0.05, 0.1) is 0 Å². The largest absolute Gasteiger partial charge is 0.507 e. The quantitative estimate of drug-likeness (QED) is 0.211. The summed E-state index contributed by atoms with van der Waals surface area (Å²) >= 11 is 0. The molecule has 0 unspecified atom stereocenters. The zero-order valence-corrected chi connectivity index (χ0v) is 24.9. The summed E-state index contributed by atoms with van der Waals surface area (Å²) in [5, 5.41) is 18.1. The van der Waals surface area contributed by atoms with E-state index >= 15 is 0 Å². The first-order valence-corrected chi connectivity index (χ1v) is 14.5. The number of hydrogen-bond acceptors (Lipinski definition) is 3. The highest BCUT2D eigenvalue weighted by atomic mass is 16.3. The smallest absolute Gasteiger partial charge is 0.123 e. The molecule has 3 aromatic carbocycles. The van der Waals surface area contributed by atoms with Crippen molar-refractivity contribution in [2.24, 2.45) is 0 Å². The van der Waals surface area contributed by atoms with Crippen LogP contribution in [0.25, 0.3) is 0 Å². The minimum atomic E-state index is -0.125. The molecule has 0 aliphatic heterocycles. The topological polar surface area (TPSA) is 44.3 Å². The van der Waals surface area contributed by atoms with Crippen molar-refractivity contribution in [2.45, 2.75) is 111 Å². The van der Waals surface area contributed by atoms with Crippen molar-refractivity contribution in [1.29, 1.82) is 0 Å². The van der Waals surface area contributed by atoms with E-state index < -0.39 is 0 Å². The number of aryl methyl sites for hydroxylation is 1. The normalized spacial score (nSPS) is 12.0. The molecule has 0 aliphatic carbocycles. The molecule has 0 fully saturated rings. The maximum absolute atomic E-state index is 11.0. The lowest BCUT2D eigenvalue weighted by Gasteiger charge is -2.28. The molecule has 0 bridgehead atoms. The number of unbranched alkanes of at least 4 members (excludes halogenated alkanes) is 5. The summed E-state index contributed by atoms with van der Waals surface area (Å²) in [7, 11) is 0. The van der Waals surface area contributed by atoms with Crippen LogP contribution in [0, 0.1) is 0 Å². The first-order valence-electron chi connectivity index (χ1n) is 14.5. The number of aromatic hydroxyl groups is 1. The van der Waals surface area contributed by atoms with Gasteiger partial charge in [-0.15, -0.1) is 0 Å². The van der Waals surface area contributed by atoms with Gasteiger partial charge in [0.25, 0.3) is 0 Å². The van der Waals surface area contributed by atoms with Crippen LogP contribution < -0.4 is 10.6 Å². The second kappa shape index (κ2) is 13.2. The van der Waals surface area contributed by atoms with E-state index in [2.05, 4.69) is 120 Å². The average molecular weight is 515 g/mol. The van der Waals surface area contributed by atoms with Gasteiger partial charge in [-0.2, -0.15) is 0 Å². The predicted octanol–water partition coefficient (Wildman–Crippen LogP) is 10.2. The minimum Gasteiger partial charge on any atom is -0.507 e. The highest BCUT2D eigenvalue weighted by Crippen LogP contribution is 2.40. The Labute approximate surface area is 232 Å². The van der Waals surface area contributed by atoms with Gasteiger partial charge in [0.15, 0.2) is 0 Å². The maximum Gasteiger partial charge on any atom is 0.123 e. The van der Waals surface area contributed by atoms with Crippen LogP contribution in [0.2, 0.25) is 0 Å². The van der Waals surface area contributed by atoms with Gasteiger partial charge in [-0.3, -0.25) is 0 Å². The SMILES string of the molecule is CCCCCCCCc1ccc(Nc2ccc(NCc3cc(C(C)(C)C)c(O)c(C(C)(C)C)c3)cc2)cc1. The van der Waals surface area contributed by atoms with E-state index in [9.17, 15) is 5.11 Å². The van der Waals surface area contributed by atoms with Crippen LogP contribution in [0.1, 0.15) is 109 Å². The summed E-state index contributed by atoms with van der Waals surface area (Å²) < 4.78 is 0. The third-order valence-electron chi connectivity index (χ3n) is 7.23. The molecule has 3 rings (SSSR count). The molecule has 0 radical (unpaired) electrons. The Kier molecular flexibility index (Phi) is 10.3. The Bertz CT molecular complexity index is 1100. The maximum atomic E-state index is 11.0. The van der Waals surface area contributed by atoms with Gasteiger partial charge < -0.3 is 15.7 Å². The summed E-state index contributed by atoms with van der Waals surface area (Å²) in [5.41, 5.74) is 7.62. The zero-order chi connectivity index (χ0) is 27.8. The molecule has 3 N–H and O–H groups in total. The fraction of sp³-hybridized carbons (Fsp3) is 0.486. The Balaban J connectivity index is 1.56. The van der Waals surface area contributed by atoms with Crippen molar-refractivity contribution in [3.05, 3.63) is 82.9 Å². The Hall–Kier alpha value is -2.94. The molecule has 0 aliphatic rings. The van der Waals surface area contributed by atoms with E-state index in [-0.39, 0.29) is 10.8 Å². The molecule has 0 aromatic heterocycles. The molecule has 0 saturated heterocycles. The van der Waals surface area contributed by atoms with Crippen molar-refractivity contribution in [3.63, 3.8) is 0 Å². The third kappa shape index (κ3) is 8.82. The lowest BCUT2D eigenvalue weighted by Crippen LogP contribution is -2.18. The molecule has 0 heterocycles. The molecule has 38 heavy (non-hydrogen) atoms. The second-order valence-electron chi connectivity index (χ2n) is 12.8. The average Bonchev–Trinajstić information content (AvgIpc) is 2.86. The molecule has 3 nitrogen and oxygen atoms in total. The molecule has 0 spiro atoms. The molecule has 0 atom stereocenters. The van der Waals surface area contributed by atoms with Crippen molar-refractivity contribution in [2.75, 3.05) is 10.6 Å². The number of benzene rings is 3. The van der Waals surface area contributed by atoms with Crippen LogP contribution in [-0.4, -0.2) is 5.11 Å². The van der Waals surface area contributed by atoms with Gasteiger partial charge in [-0.05, 0) is 94.5 Å². The predicted molar refractivity (Wildman–Crippen MR) is 166 cm³/mol. The van der Waals surface area contributed by atoms with Crippen LogP contribution in [-0.2, 0) is 23.8 Å². The Morgan fingerprint density at radius 3 is 1.61 bits per heavy atom. The minimum absolute atomic E-state index is 0.125. The number of anilines is 3. The highest BCUT2D eigenvalue weighted by Gasteiger charge is 2.26. The molecular weight excluding hydrogens is 464 g/mol. The molecule has 3 aromatic rings. The molecule has 206 valence electrons. The van der Waals surface area contributed by atoms with Crippen molar-refractivity contribution in [3.8, 4) is 5.75 Å². The van der Waals surface area contributed by atoms with Gasteiger partial charge in [0.1, 0.15) is 5.75 Å². The number of phenolic OH excluding ortho intramolecular Hbond substituents is 1. The molecular formula is C35H50N2O. The second-order valence-corrected chi connectivity index (χ2v) is 12.8. The van der Waals surface area contributed by atoms with E-state index in [0.717, 1.165) is 28.2 Å². The molecule has 0 saturated carbocycles. The molecule has 0 amide bonds. The van der Waals surface area contributed by atoms with Crippen LogP contribution in [0.5, 0.6) is 5.75 Å². The van der Waals surface area contributed by atoms with Crippen molar-refractivity contribution < 1.29 is 5.11 Å². The lowest BCUT2D eigenvalue weighted by molar-refractivity contribution is 0.423. The van der Waals surface area contributed by atoms with Crippen LogP contribution >= 0.6 is 0 Å². The lowest BCUT2D eigenvalue weighted by atomic mass is 9.78. The first kappa shape index (κ1) is 29.6.